The monoisotopic (exact) mass is 364 g/mol. The summed E-state index contributed by atoms with van der Waals surface area (Å²) in [4.78, 5) is 26.2. The van der Waals surface area contributed by atoms with E-state index >= 15 is 0 Å². The van der Waals surface area contributed by atoms with E-state index in [-0.39, 0.29) is 24.6 Å². The zero-order valence-electron chi connectivity index (χ0n) is 15.5. The average molecular weight is 364 g/mol. The number of amides is 1. The van der Waals surface area contributed by atoms with Crippen LogP contribution in [0.2, 0.25) is 0 Å². The van der Waals surface area contributed by atoms with Crippen LogP contribution in [0.25, 0.3) is 21.7 Å². The molecule has 27 heavy (non-hydrogen) atoms. The van der Waals surface area contributed by atoms with Crippen LogP contribution in [0.3, 0.4) is 0 Å². The molecule has 0 aliphatic heterocycles. The first-order chi connectivity index (χ1) is 12.9. The van der Waals surface area contributed by atoms with Crippen molar-refractivity contribution >= 4 is 33.6 Å². The van der Waals surface area contributed by atoms with E-state index in [1.807, 2.05) is 42.5 Å². The van der Waals surface area contributed by atoms with Gasteiger partial charge in [-0.15, -0.1) is 0 Å². The van der Waals surface area contributed by atoms with Crippen molar-refractivity contribution < 1.29 is 18.7 Å². The van der Waals surface area contributed by atoms with E-state index in [0.717, 1.165) is 16.2 Å². The van der Waals surface area contributed by atoms with Crippen molar-refractivity contribution in [3.8, 4) is 6.07 Å². The first-order valence-corrected chi connectivity index (χ1v) is 8.67. The van der Waals surface area contributed by atoms with Crippen molar-refractivity contribution in [1.82, 2.24) is 4.90 Å². The predicted molar refractivity (Wildman–Crippen MR) is 101 cm³/mol. The van der Waals surface area contributed by atoms with Gasteiger partial charge in [0, 0.05) is 29.9 Å². The number of likely N-dealkylation sites (N-methyl/N-ethyl adjacent to an activating group) is 1. The lowest BCUT2D eigenvalue weighted by atomic mass is 10.1. The molecule has 1 aromatic heterocycles. The van der Waals surface area contributed by atoms with Gasteiger partial charge in [0.1, 0.15) is 5.58 Å². The Morgan fingerprint density at radius 1 is 1.22 bits per heavy atom. The van der Waals surface area contributed by atoms with Gasteiger partial charge in [-0.1, -0.05) is 36.4 Å². The van der Waals surface area contributed by atoms with Gasteiger partial charge in [-0.2, -0.15) is 5.26 Å². The Bertz CT molecular complexity index is 1060. The number of hydrogen-bond acceptors (Lipinski definition) is 5. The molecule has 0 N–H and O–H groups in total. The van der Waals surface area contributed by atoms with Gasteiger partial charge in [-0.3, -0.25) is 4.79 Å². The van der Waals surface area contributed by atoms with Gasteiger partial charge in [-0.05, 0) is 19.2 Å². The Balaban J connectivity index is 1.86. The van der Waals surface area contributed by atoms with Crippen LogP contribution in [0, 0.1) is 18.3 Å². The van der Waals surface area contributed by atoms with E-state index in [9.17, 15) is 9.59 Å². The second-order valence-corrected chi connectivity index (χ2v) is 6.44. The molecule has 3 aromatic rings. The molecular formula is C21H20N2O4. The number of furan rings is 1. The van der Waals surface area contributed by atoms with Gasteiger partial charge in [0.15, 0.2) is 6.10 Å². The number of ether oxygens (including phenoxy) is 1. The number of aryl methyl sites for hydroxylation is 1. The summed E-state index contributed by atoms with van der Waals surface area (Å²) in [5.74, 6) is -0.944. The Morgan fingerprint density at radius 2 is 1.96 bits per heavy atom. The second-order valence-electron chi connectivity index (χ2n) is 6.44. The van der Waals surface area contributed by atoms with Gasteiger partial charge in [-0.25, -0.2) is 4.79 Å². The summed E-state index contributed by atoms with van der Waals surface area (Å²) < 4.78 is 11.2. The molecule has 0 unspecified atom stereocenters. The summed E-state index contributed by atoms with van der Waals surface area (Å²) in [5.41, 5.74) is 1.31. The maximum absolute atomic E-state index is 12.6. The predicted octanol–water partition coefficient (Wildman–Crippen LogP) is 3.81. The quantitative estimate of drug-likeness (QED) is 0.643. The number of rotatable bonds is 5. The first-order valence-electron chi connectivity index (χ1n) is 8.67. The normalized spacial score (nSPS) is 11.9. The van der Waals surface area contributed by atoms with Crippen molar-refractivity contribution in [2.45, 2.75) is 26.4 Å². The van der Waals surface area contributed by atoms with Crippen LogP contribution in [0.4, 0.5) is 0 Å². The van der Waals surface area contributed by atoms with E-state index in [4.69, 9.17) is 14.4 Å². The number of hydrogen-bond donors (Lipinski definition) is 0. The van der Waals surface area contributed by atoms with Crippen LogP contribution in [-0.4, -0.2) is 36.5 Å². The molecule has 1 heterocycles. The Morgan fingerprint density at radius 3 is 2.70 bits per heavy atom. The molecule has 0 radical (unpaired) electrons. The Labute approximate surface area is 156 Å². The number of esters is 1. The lowest BCUT2D eigenvalue weighted by molar-refractivity contribution is -0.138. The van der Waals surface area contributed by atoms with E-state index in [1.165, 1.54) is 11.8 Å². The molecule has 6 heteroatoms. The second kappa shape index (κ2) is 7.50. The summed E-state index contributed by atoms with van der Waals surface area (Å²) >= 11 is 0. The van der Waals surface area contributed by atoms with Crippen LogP contribution in [0.5, 0.6) is 0 Å². The van der Waals surface area contributed by atoms with Crippen molar-refractivity contribution in [3.63, 3.8) is 0 Å². The molecular weight excluding hydrogens is 344 g/mol. The average Bonchev–Trinajstić information content (AvgIpc) is 3.02. The van der Waals surface area contributed by atoms with Crippen LogP contribution in [0.15, 0.2) is 40.8 Å². The van der Waals surface area contributed by atoms with E-state index in [2.05, 4.69) is 0 Å². The topological polar surface area (TPSA) is 83.5 Å². The Kier molecular flexibility index (Phi) is 5.13. The first kappa shape index (κ1) is 18.5. The van der Waals surface area contributed by atoms with Gasteiger partial charge in [0.05, 0.1) is 12.5 Å². The molecule has 0 fully saturated rings. The highest BCUT2D eigenvalue weighted by molar-refractivity contribution is 6.08. The zero-order chi connectivity index (χ0) is 19.6. The molecule has 0 aliphatic carbocycles. The summed E-state index contributed by atoms with van der Waals surface area (Å²) in [6, 6.07) is 13.6. The fourth-order valence-corrected chi connectivity index (χ4v) is 3.05. The minimum atomic E-state index is -0.967. The largest absolute Gasteiger partial charge is 0.448 e. The molecule has 0 saturated carbocycles. The third-order valence-electron chi connectivity index (χ3n) is 4.58. The minimum absolute atomic E-state index is 0.0979. The van der Waals surface area contributed by atoms with Crippen molar-refractivity contribution in [2.24, 2.45) is 0 Å². The SMILES string of the molecule is Cc1c(C(=O)O[C@H](C)C(=O)N(C)CCC#N)oc2c1ccc1ccccc12. The maximum Gasteiger partial charge on any atom is 0.375 e. The number of nitrogens with zero attached hydrogens (tertiary/aromatic N) is 2. The zero-order valence-corrected chi connectivity index (χ0v) is 15.5. The lowest BCUT2D eigenvalue weighted by Crippen LogP contribution is -2.37. The molecule has 138 valence electrons. The standard InChI is InChI=1S/C21H20N2O4/c1-13-16-10-9-15-7-4-5-8-17(15)19(16)27-18(13)21(25)26-14(2)20(24)23(3)12-6-11-22/h4-5,7-10,14H,6,12H2,1-3H3/t14-/m1/s1. The van der Waals surface area contributed by atoms with Gasteiger partial charge >= 0.3 is 5.97 Å². The third kappa shape index (κ3) is 3.49. The molecule has 3 rings (SSSR count). The molecule has 0 bridgehead atoms. The number of nitriles is 1. The molecule has 2 aromatic carbocycles. The van der Waals surface area contributed by atoms with Gasteiger partial charge in [0.2, 0.25) is 5.76 Å². The molecule has 0 aliphatic rings. The lowest BCUT2D eigenvalue weighted by Gasteiger charge is -2.20. The molecule has 1 amide bonds. The van der Waals surface area contributed by atoms with E-state index in [1.54, 1.807) is 14.0 Å². The number of carbonyl (C=O) groups is 2. The highest BCUT2D eigenvalue weighted by Gasteiger charge is 2.26. The van der Waals surface area contributed by atoms with E-state index < -0.39 is 12.1 Å². The summed E-state index contributed by atoms with van der Waals surface area (Å²) in [6.45, 7) is 3.59. The highest BCUT2D eigenvalue weighted by atomic mass is 16.6. The van der Waals surface area contributed by atoms with Crippen molar-refractivity contribution in [2.75, 3.05) is 13.6 Å². The number of benzene rings is 2. The molecule has 1 atom stereocenters. The van der Waals surface area contributed by atoms with E-state index in [0.29, 0.717) is 11.1 Å². The summed E-state index contributed by atoms with van der Waals surface area (Å²) in [5, 5.41) is 11.4. The van der Waals surface area contributed by atoms with Crippen LogP contribution >= 0.6 is 0 Å². The highest BCUT2D eigenvalue weighted by Crippen LogP contribution is 2.32. The molecule has 0 saturated heterocycles. The molecule has 6 nitrogen and oxygen atoms in total. The molecule has 0 spiro atoms. The number of carbonyl (C=O) groups excluding carboxylic acids is 2. The fourth-order valence-electron chi connectivity index (χ4n) is 3.05. The van der Waals surface area contributed by atoms with Gasteiger partial charge < -0.3 is 14.1 Å². The van der Waals surface area contributed by atoms with Crippen LogP contribution < -0.4 is 0 Å². The maximum atomic E-state index is 12.6. The van der Waals surface area contributed by atoms with Crippen LogP contribution in [0.1, 0.15) is 29.5 Å². The summed E-state index contributed by atoms with van der Waals surface area (Å²) in [6.07, 6.45) is -0.746. The minimum Gasteiger partial charge on any atom is -0.448 e. The summed E-state index contributed by atoms with van der Waals surface area (Å²) in [7, 11) is 1.57. The fraction of sp³-hybridized carbons (Fsp3) is 0.286. The van der Waals surface area contributed by atoms with Crippen molar-refractivity contribution in [1.29, 1.82) is 5.26 Å². The Hall–Kier alpha value is -3.33. The third-order valence-corrected chi connectivity index (χ3v) is 4.58. The number of fused-ring (bicyclic) bond motifs is 3. The van der Waals surface area contributed by atoms with Crippen LogP contribution in [-0.2, 0) is 9.53 Å². The smallest absolute Gasteiger partial charge is 0.375 e. The van der Waals surface area contributed by atoms with Gasteiger partial charge in [0.25, 0.3) is 5.91 Å². The van der Waals surface area contributed by atoms with Crippen molar-refractivity contribution in [3.05, 3.63) is 47.7 Å².